The van der Waals surface area contributed by atoms with Crippen LogP contribution in [0.1, 0.15) is 94.2 Å². The molecule has 0 spiro atoms. The minimum absolute atomic E-state index is 0. The average molecular weight is 1320 g/mol. The number of carbonyl (C=O) groups is 6. The van der Waals surface area contributed by atoms with Gasteiger partial charge < -0.3 is 68.3 Å². The summed E-state index contributed by atoms with van der Waals surface area (Å²) >= 11 is 0. The summed E-state index contributed by atoms with van der Waals surface area (Å²) in [6.45, 7) is -2.44. The normalized spacial score (nSPS) is 22.5. The maximum Gasteiger partial charge on any atom is 0.410 e. The molecule has 3 aromatic carbocycles. The van der Waals surface area contributed by atoms with Gasteiger partial charge in [0, 0.05) is 32.5 Å². The fourth-order valence-electron chi connectivity index (χ4n) is 9.14. The van der Waals surface area contributed by atoms with Crippen molar-refractivity contribution in [2.45, 2.75) is 158 Å². The summed E-state index contributed by atoms with van der Waals surface area (Å²) in [4.78, 5) is 70.0. The van der Waals surface area contributed by atoms with Gasteiger partial charge in [-0.3, -0.25) is 0 Å². The maximum atomic E-state index is 14.2. The van der Waals surface area contributed by atoms with E-state index in [1.54, 1.807) is 79.7 Å². The SMILES string of the molecule is CCOC(=O)COC1CCN(C(=O)OCc2ccccc2)CC1(F)F.Cl.O=C(O)COC1CCCCC1(F)F.O=C(O)COC1CCN(C(=O)OCc2ccccc2)CC1(F)F.O=C(OCc1ccccc1)N1CCC(O)C(F)(F)C1.OC1CCCCC1(F)F. The van der Waals surface area contributed by atoms with E-state index in [2.05, 4.69) is 14.2 Å². The number of rotatable bonds is 16. The molecule has 3 heterocycles. The number of carboxylic acids is 2. The van der Waals surface area contributed by atoms with Gasteiger partial charge in [-0.25, -0.2) is 72.7 Å². The summed E-state index contributed by atoms with van der Waals surface area (Å²) < 4.78 is 167. The molecule has 5 unspecified atom stereocenters. The van der Waals surface area contributed by atoms with Crippen LogP contribution in [0.25, 0.3) is 0 Å². The molecule has 5 aliphatic rings. The molecule has 0 aromatic heterocycles. The van der Waals surface area contributed by atoms with Crippen LogP contribution in [0.15, 0.2) is 91.0 Å². The first kappa shape index (κ1) is 77.5. The highest BCUT2D eigenvalue weighted by Crippen LogP contribution is 2.36. The zero-order chi connectivity index (χ0) is 65.8. The third kappa shape index (κ3) is 27.4. The molecule has 2 aliphatic carbocycles. The average Bonchev–Trinajstić information content (AvgIpc) is 0.960. The lowest BCUT2D eigenvalue weighted by atomic mass is 9.94. The van der Waals surface area contributed by atoms with E-state index in [0.717, 1.165) is 37.8 Å². The second-order valence-electron chi connectivity index (χ2n) is 21.1. The van der Waals surface area contributed by atoms with Crippen LogP contribution in [0.5, 0.6) is 0 Å². The highest BCUT2D eigenvalue weighted by Gasteiger charge is 2.50. The molecule has 3 aromatic rings. The molecule has 3 aliphatic heterocycles. The van der Waals surface area contributed by atoms with Crippen LogP contribution in [0.3, 0.4) is 0 Å². The summed E-state index contributed by atoms with van der Waals surface area (Å²) in [7, 11) is 0. The summed E-state index contributed by atoms with van der Waals surface area (Å²) in [5, 5.41) is 34.5. The molecule has 8 rings (SSSR count). The number of aliphatic carboxylic acids is 2. The Morgan fingerprint density at radius 2 is 0.767 bits per heavy atom. The number of hydrogen-bond acceptors (Lipinski definition) is 15. The van der Waals surface area contributed by atoms with Crippen LogP contribution in [0, 0.1) is 0 Å². The first-order valence-electron chi connectivity index (χ1n) is 28.5. The van der Waals surface area contributed by atoms with Gasteiger partial charge in [0.15, 0.2) is 0 Å². The quantitative estimate of drug-likeness (QED) is 0.0590. The Morgan fingerprint density at radius 3 is 1.09 bits per heavy atom. The van der Waals surface area contributed by atoms with Crippen molar-refractivity contribution in [1.82, 2.24) is 14.7 Å². The van der Waals surface area contributed by atoms with Crippen LogP contribution in [0.4, 0.5) is 58.3 Å². The van der Waals surface area contributed by atoms with E-state index in [1.165, 1.54) is 0 Å². The Balaban J connectivity index is 0.000000304. The third-order valence-corrected chi connectivity index (χ3v) is 14.0. The van der Waals surface area contributed by atoms with Gasteiger partial charge in [-0.05, 0) is 68.6 Å². The molecule has 5 atom stereocenters. The topological polar surface area (TPSA) is 258 Å². The number of piperidine rings is 3. The molecule has 90 heavy (non-hydrogen) atoms. The molecule has 506 valence electrons. The van der Waals surface area contributed by atoms with Crippen molar-refractivity contribution in [3.63, 3.8) is 0 Å². The largest absolute Gasteiger partial charge is 0.480 e. The number of benzene rings is 3. The van der Waals surface area contributed by atoms with Crippen molar-refractivity contribution >= 4 is 48.6 Å². The summed E-state index contributed by atoms with van der Waals surface area (Å²) in [5.74, 6) is -18.7. The second-order valence-corrected chi connectivity index (χ2v) is 21.1. The van der Waals surface area contributed by atoms with E-state index in [1.807, 2.05) is 18.2 Å². The molecular weight excluding hydrogens is 1250 g/mol. The number of nitrogens with zero attached hydrogens (tertiary/aromatic N) is 3. The molecule has 4 N–H and O–H groups in total. The number of amides is 3. The Kier molecular flexibility index (Phi) is 32.4. The number of aliphatic hydroxyl groups excluding tert-OH is 2. The lowest BCUT2D eigenvalue weighted by Crippen LogP contribution is -2.54. The zero-order valence-electron chi connectivity index (χ0n) is 49.1. The van der Waals surface area contributed by atoms with Crippen molar-refractivity contribution in [2.24, 2.45) is 0 Å². The van der Waals surface area contributed by atoms with E-state index >= 15 is 0 Å². The van der Waals surface area contributed by atoms with Crippen LogP contribution in [0.2, 0.25) is 0 Å². The van der Waals surface area contributed by atoms with Gasteiger partial charge in [-0.1, -0.05) is 104 Å². The number of halogens is 11. The van der Waals surface area contributed by atoms with Crippen LogP contribution >= 0.6 is 12.4 Å². The third-order valence-electron chi connectivity index (χ3n) is 14.0. The first-order valence-corrected chi connectivity index (χ1v) is 28.5. The number of likely N-dealkylation sites (tertiary alicyclic amines) is 3. The van der Waals surface area contributed by atoms with Crippen molar-refractivity contribution in [1.29, 1.82) is 0 Å². The first-order chi connectivity index (χ1) is 41.9. The van der Waals surface area contributed by atoms with E-state index in [4.69, 9.17) is 39.4 Å². The number of carboxylic acid groups (broad SMARTS) is 2. The predicted octanol–water partition coefficient (Wildman–Crippen LogP) is 10.4. The number of ether oxygens (including phenoxy) is 7. The molecule has 5 fully saturated rings. The van der Waals surface area contributed by atoms with Crippen LogP contribution in [-0.4, -0.2) is 197 Å². The highest BCUT2D eigenvalue weighted by atomic mass is 35.5. The van der Waals surface area contributed by atoms with Crippen molar-refractivity contribution in [3.05, 3.63) is 108 Å². The predicted molar refractivity (Wildman–Crippen MR) is 301 cm³/mol. The summed E-state index contributed by atoms with van der Waals surface area (Å²) in [6.07, 6.45) is -7.42. The highest BCUT2D eigenvalue weighted by molar-refractivity contribution is 5.85. The Morgan fingerprint density at radius 1 is 0.433 bits per heavy atom. The summed E-state index contributed by atoms with van der Waals surface area (Å²) in [5.41, 5.74) is 2.32. The number of esters is 1. The van der Waals surface area contributed by atoms with Gasteiger partial charge in [0.2, 0.25) is 0 Å². The molecule has 0 radical (unpaired) electrons. The maximum absolute atomic E-state index is 14.2. The van der Waals surface area contributed by atoms with Crippen LogP contribution in [-0.2, 0) is 67.4 Å². The van der Waals surface area contributed by atoms with E-state index in [9.17, 15) is 72.7 Å². The van der Waals surface area contributed by atoms with Crippen molar-refractivity contribution < 1.29 is 126 Å². The molecule has 2 saturated carbocycles. The van der Waals surface area contributed by atoms with E-state index in [-0.39, 0.29) is 103 Å². The van der Waals surface area contributed by atoms with Crippen molar-refractivity contribution in [3.8, 4) is 0 Å². The molecule has 31 heteroatoms. The Bertz CT molecular complexity index is 2650. The monoisotopic (exact) mass is 1320 g/mol. The van der Waals surface area contributed by atoms with Crippen molar-refractivity contribution in [2.75, 3.05) is 65.7 Å². The molecule has 3 amide bonds. The molecular formula is C59H76ClF10N3O17. The molecule has 20 nitrogen and oxygen atoms in total. The van der Waals surface area contributed by atoms with Gasteiger partial charge in [-0.2, -0.15) is 0 Å². The number of carbonyl (C=O) groups excluding carboxylic acids is 4. The fourth-order valence-corrected chi connectivity index (χ4v) is 9.14. The van der Waals surface area contributed by atoms with Gasteiger partial charge in [0.25, 0.3) is 29.6 Å². The van der Waals surface area contributed by atoms with Gasteiger partial charge in [0.05, 0.1) is 26.2 Å². The van der Waals surface area contributed by atoms with Gasteiger partial charge in [0.1, 0.15) is 70.2 Å². The number of alkyl halides is 10. The van der Waals surface area contributed by atoms with Gasteiger partial charge >= 0.3 is 36.2 Å². The fraction of sp³-hybridized carbons (Fsp3) is 0.593. The lowest BCUT2D eigenvalue weighted by molar-refractivity contribution is -0.181. The number of aliphatic hydroxyl groups is 2. The Labute approximate surface area is 519 Å². The minimum atomic E-state index is -3.32. The summed E-state index contributed by atoms with van der Waals surface area (Å²) in [6, 6.07) is 26.8. The standard InChI is InChI=1S/C17H21F2NO5.C15H17F2NO5.C13H15F2NO3.C8H12F2O3.C6H10F2O.ClH/c1-2-23-15(21)11-24-14-8-9-20(12-17(14,18)19)16(22)25-10-13-6-4-3-5-7-13;16-15(17)10-18(7-6-12(15)22-9-13(19)20)14(21)23-8-11-4-2-1-3-5-11;14-13(15)9-16(7-6-11(13)17)12(18)19-8-10-4-2-1-3-5-10;9-8(10)4-2-1-3-6(8)13-5-7(11)12;7-6(8)4-2-1-3-5(6)9;/h3-7,14H,2,8-12H2,1H3;1-5,12H,6-10H2,(H,19,20);1-5,11,17H,6-9H2;6H,1-5H2,(H,11,12);5,9H,1-4H2;1H. The Hall–Kier alpha value is -6.73. The number of hydrogen-bond donors (Lipinski definition) is 4. The van der Waals surface area contributed by atoms with Crippen LogP contribution < -0.4 is 0 Å². The lowest BCUT2D eigenvalue weighted by Gasteiger charge is -2.37. The zero-order valence-corrected chi connectivity index (χ0v) is 50.0. The molecule has 3 saturated heterocycles. The van der Waals surface area contributed by atoms with Gasteiger partial charge in [-0.15, -0.1) is 12.4 Å². The minimum Gasteiger partial charge on any atom is -0.480 e. The van der Waals surface area contributed by atoms with E-state index in [0.29, 0.717) is 19.3 Å². The van der Waals surface area contributed by atoms with E-state index < -0.39 is 136 Å². The second kappa shape index (κ2) is 37.6. The smallest absolute Gasteiger partial charge is 0.410 e. The molecule has 0 bridgehead atoms.